The van der Waals surface area contributed by atoms with Crippen molar-refractivity contribution in [3.8, 4) is 0 Å². The first-order valence-electron chi connectivity index (χ1n) is 6.35. The lowest BCUT2D eigenvalue weighted by Gasteiger charge is -2.09. The van der Waals surface area contributed by atoms with Crippen LogP contribution in [0.3, 0.4) is 0 Å². The maximum atomic E-state index is 11.7. The highest BCUT2D eigenvalue weighted by atomic mass is 79.9. The molecule has 1 aromatic carbocycles. The molecule has 2 rings (SSSR count). The van der Waals surface area contributed by atoms with Gasteiger partial charge >= 0.3 is 5.97 Å². The number of hydrogen-bond acceptors (Lipinski definition) is 4. The van der Waals surface area contributed by atoms with Crippen LogP contribution in [-0.4, -0.2) is 17.8 Å². The minimum Gasteiger partial charge on any atom is -0.461 e. The number of hydrogen-bond donors (Lipinski definition) is 1. The molecule has 0 saturated heterocycles. The fourth-order valence-electron chi connectivity index (χ4n) is 1.95. The van der Waals surface area contributed by atoms with Gasteiger partial charge < -0.3 is 4.74 Å². The van der Waals surface area contributed by atoms with E-state index >= 15 is 0 Å². The quantitative estimate of drug-likeness (QED) is 0.499. The van der Waals surface area contributed by atoms with Crippen molar-refractivity contribution >= 4 is 33.7 Å². The van der Waals surface area contributed by atoms with E-state index in [1.54, 1.807) is 0 Å². The van der Waals surface area contributed by atoms with Crippen LogP contribution in [0.1, 0.15) is 23.1 Å². The molecule has 5 nitrogen and oxygen atoms in total. The molecule has 0 fully saturated rings. The van der Waals surface area contributed by atoms with Gasteiger partial charge in [-0.1, -0.05) is 34.1 Å². The van der Waals surface area contributed by atoms with E-state index in [2.05, 4.69) is 21.2 Å². The first-order chi connectivity index (χ1) is 9.99. The van der Waals surface area contributed by atoms with E-state index in [0.717, 1.165) is 28.1 Å². The van der Waals surface area contributed by atoms with E-state index in [4.69, 9.17) is 4.74 Å². The third-order valence-corrected chi connectivity index (χ3v) is 3.77. The van der Waals surface area contributed by atoms with Crippen LogP contribution in [0.4, 0.5) is 0 Å². The zero-order valence-corrected chi connectivity index (χ0v) is 13.0. The average Bonchev–Trinajstić information content (AvgIpc) is 2.75. The third kappa shape index (κ3) is 4.01. The first kappa shape index (κ1) is 15.4. The Morgan fingerprint density at radius 2 is 2.10 bits per heavy atom. The molecule has 0 aromatic heterocycles. The summed E-state index contributed by atoms with van der Waals surface area (Å²) >= 11 is 3.38. The summed E-state index contributed by atoms with van der Waals surface area (Å²) < 4.78 is 5.15. The summed E-state index contributed by atoms with van der Waals surface area (Å²) in [7, 11) is 0. The van der Waals surface area contributed by atoms with Gasteiger partial charge in [0, 0.05) is 17.0 Å². The third-order valence-electron chi connectivity index (χ3n) is 3.12. The molecule has 0 radical (unpaired) electrons. The van der Waals surface area contributed by atoms with Gasteiger partial charge in [0.2, 0.25) is 0 Å². The number of amides is 2. The van der Waals surface area contributed by atoms with Crippen molar-refractivity contribution in [1.82, 2.24) is 5.32 Å². The van der Waals surface area contributed by atoms with Crippen LogP contribution in [0.25, 0.3) is 0 Å². The molecule has 1 aliphatic rings. The number of aryl methyl sites for hydroxylation is 1. The minimum absolute atomic E-state index is 0.136. The summed E-state index contributed by atoms with van der Waals surface area (Å²) in [5.74, 6) is -1.56. The van der Waals surface area contributed by atoms with E-state index in [1.807, 2.05) is 25.1 Å². The van der Waals surface area contributed by atoms with Crippen LogP contribution in [-0.2, 0) is 31.1 Å². The number of carbonyl (C=O) groups is 3. The van der Waals surface area contributed by atoms with Crippen molar-refractivity contribution in [1.29, 1.82) is 0 Å². The normalized spacial score (nSPS) is 13.9. The number of alkyl halides is 1. The van der Waals surface area contributed by atoms with Crippen molar-refractivity contribution in [2.24, 2.45) is 0 Å². The minimum atomic E-state index is -0.533. The van der Waals surface area contributed by atoms with Crippen LogP contribution < -0.4 is 5.32 Å². The van der Waals surface area contributed by atoms with Gasteiger partial charge in [-0.05, 0) is 23.6 Å². The Kier molecular flexibility index (Phi) is 4.90. The maximum Gasteiger partial charge on any atom is 0.310 e. The molecule has 0 atom stereocenters. The van der Waals surface area contributed by atoms with Crippen molar-refractivity contribution in [3.63, 3.8) is 0 Å². The molecule has 1 N–H and O–H groups in total. The van der Waals surface area contributed by atoms with E-state index < -0.39 is 17.8 Å². The zero-order chi connectivity index (χ0) is 15.4. The number of benzene rings is 1. The van der Waals surface area contributed by atoms with Gasteiger partial charge in [0.25, 0.3) is 11.8 Å². The Bertz CT molecular complexity index is 637. The van der Waals surface area contributed by atoms with Crippen LogP contribution >= 0.6 is 15.9 Å². The fourth-order valence-corrected chi connectivity index (χ4v) is 2.30. The Morgan fingerprint density at radius 3 is 2.67 bits per heavy atom. The van der Waals surface area contributed by atoms with E-state index in [9.17, 15) is 14.4 Å². The molecule has 0 unspecified atom stereocenters. The Morgan fingerprint density at radius 1 is 1.33 bits per heavy atom. The highest BCUT2D eigenvalue weighted by Crippen LogP contribution is 2.15. The average molecular weight is 352 g/mol. The second kappa shape index (κ2) is 6.67. The Hall–Kier alpha value is -1.95. The number of carbonyl (C=O) groups excluding carboxylic acids is 3. The first-order valence-corrected chi connectivity index (χ1v) is 7.47. The molecule has 110 valence electrons. The highest BCUT2D eigenvalue weighted by molar-refractivity contribution is 9.08. The van der Waals surface area contributed by atoms with Crippen molar-refractivity contribution in [3.05, 3.63) is 46.5 Å². The number of nitrogens with one attached hydrogen (secondary N) is 1. The van der Waals surface area contributed by atoms with Crippen molar-refractivity contribution in [2.75, 3.05) is 0 Å². The lowest BCUT2D eigenvalue weighted by atomic mass is 10.1. The predicted octanol–water partition coefficient (Wildman–Crippen LogP) is 1.91. The summed E-state index contributed by atoms with van der Waals surface area (Å²) in [6.07, 6.45) is 0.926. The molecule has 0 aliphatic carbocycles. The lowest BCUT2D eigenvalue weighted by Crippen LogP contribution is -2.23. The summed E-state index contributed by atoms with van der Waals surface area (Å²) in [5.41, 5.74) is 3.23. The largest absolute Gasteiger partial charge is 0.461 e. The van der Waals surface area contributed by atoms with Gasteiger partial charge in [-0.15, -0.1) is 0 Å². The van der Waals surface area contributed by atoms with Gasteiger partial charge in [0.15, 0.2) is 0 Å². The lowest BCUT2D eigenvalue weighted by molar-refractivity contribution is -0.144. The van der Waals surface area contributed by atoms with E-state index in [0.29, 0.717) is 0 Å². The summed E-state index contributed by atoms with van der Waals surface area (Å²) in [5, 5.41) is 2.85. The van der Waals surface area contributed by atoms with Crippen LogP contribution in [0.5, 0.6) is 0 Å². The predicted molar refractivity (Wildman–Crippen MR) is 79.5 cm³/mol. The number of rotatable bonds is 5. The molecule has 21 heavy (non-hydrogen) atoms. The summed E-state index contributed by atoms with van der Waals surface area (Å²) in [6, 6.07) is 5.88. The van der Waals surface area contributed by atoms with Crippen molar-refractivity contribution < 1.29 is 19.1 Å². The standard InChI is InChI=1S/C15H14BrNO4/c1-9-4-10(7-16)2-3-11(9)8-21-14(19)6-12-5-13(18)17-15(12)20/h2-5H,6-8H2,1H3,(H,17,18,20). The van der Waals surface area contributed by atoms with Gasteiger partial charge in [-0.2, -0.15) is 0 Å². The Labute approximate surface area is 130 Å². The smallest absolute Gasteiger partial charge is 0.310 e. The monoisotopic (exact) mass is 351 g/mol. The second-order valence-electron chi connectivity index (χ2n) is 4.72. The molecule has 0 bridgehead atoms. The van der Waals surface area contributed by atoms with Gasteiger partial charge in [0.05, 0.1) is 6.42 Å². The highest BCUT2D eigenvalue weighted by Gasteiger charge is 2.23. The van der Waals surface area contributed by atoms with E-state index in [1.165, 1.54) is 0 Å². The molecule has 2 amide bonds. The SMILES string of the molecule is Cc1cc(CBr)ccc1COC(=O)CC1=CC(=O)NC1=O. The van der Waals surface area contributed by atoms with Gasteiger partial charge in [-0.3, -0.25) is 19.7 Å². The number of imide groups is 1. The summed E-state index contributed by atoms with van der Waals surface area (Å²) in [6.45, 7) is 2.09. The fraction of sp³-hybridized carbons (Fsp3) is 0.267. The topological polar surface area (TPSA) is 72.5 Å². The van der Waals surface area contributed by atoms with E-state index in [-0.39, 0.29) is 18.6 Å². The molecule has 0 saturated carbocycles. The molecular formula is C15H14BrNO4. The zero-order valence-electron chi connectivity index (χ0n) is 11.4. The maximum absolute atomic E-state index is 11.7. The number of ether oxygens (including phenoxy) is 1. The van der Waals surface area contributed by atoms with Crippen molar-refractivity contribution in [2.45, 2.75) is 25.3 Å². The number of halogens is 1. The molecular weight excluding hydrogens is 338 g/mol. The Balaban J connectivity index is 1.91. The molecule has 6 heteroatoms. The summed E-state index contributed by atoms with van der Waals surface area (Å²) in [4.78, 5) is 34.0. The number of esters is 1. The van der Waals surface area contributed by atoms with Crippen LogP contribution in [0.15, 0.2) is 29.8 Å². The molecule has 1 aliphatic heterocycles. The van der Waals surface area contributed by atoms with Gasteiger partial charge in [-0.25, -0.2) is 0 Å². The van der Waals surface area contributed by atoms with Crippen LogP contribution in [0.2, 0.25) is 0 Å². The van der Waals surface area contributed by atoms with Crippen LogP contribution in [0, 0.1) is 6.92 Å². The second-order valence-corrected chi connectivity index (χ2v) is 5.28. The molecule has 1 heterocycles. The molecule has 0 spiro atoms. The molecule has 1 aromatic rings. The van der Waals surface area contributed by atoms with Gasteiger partial charge in [0.1, 0.15) is 6.61 Å².